The fraction of sp³-hybridized carbons (Fsp3) is 1.00. The summed E-state index contributed by atoms with van der Waals surface area (Å²) in [5.74, 6) is 0. The third kappa shape index (κ3) is 1.91. The molecule has 1 N–H and O–H groups in total. The molecule has 2 saturated heterocycles. The Morgan fingerprint density at radius 1 is 1.12 bits per heavy atom. The van der Waals surface area contributed by atoms with Crippen molar-refractivity contribution in [2.24, 2.45) is 5.41 Å². The van der Waals surface area contributed by atoms with E-state index in [4.69, 9.17) is 0 Å². The topological polar surface area (TPSA) is 15.3 Å². The van der Waals surface area contributed by atoms with Crippen molar-refractivity contribution < 1.29 is 0 Å². The molecule has 0 aromatic carbocycles. The van der Waals surface area contributed by atoms with E-state index in [1.807, 2.05) is 0 Å². The molecule has 2 rings (SSSR count). The predicted molar refractivity (Wildman–Crippen MR) is 69.7 cm³/mol. The largest absolute Gasteiger partial charge is 0.305 e. The van der Waals surface area contributed by atoms with Crippen LogP contribution in [0.15, 0.2) is 0 Å². The van der Waals surface area contributed by atoms with Gasteiger partial charge in [-0.05, 0) is 39.0 Å². The molecule has 0 spiro atoms. The molecule has 2 heteroatoms. The van der Waals surface area contributed by atoms with Crippen molar-refractivity contribution in [3.05, 3.63) is 0 Å². The zero-order valence-corrected chi connectivity index (χ0v) is 11.9. The highest BCUT2D eigenvalue weighted by molar-refractivity contribution is 5.11. The summed E-state index contributed by atoms with van der Waals surface area (Å²) in [7, 11) is 0. The monoisotopic (exact) mass is 224 g/mol. The van der Waals surface area contributed by atoms with Gasteiger partial charge in [0, 0.05) is 30.2 Å². The lowest BCUT2D eigenvalue weighted by Crippen LogP contribution is -2.67. The molecule has 2 aliphatic rings. The van der Waals surface area contributed by atoms with Crippen molar-refractivity contribution in [2.45, 2.75) is 71.5 Å². The summed E-state index contributed by atoms with van der Waals surface area (Å²) in [5, 5.41) is 3.90. The van der Waals surface area contributed by atoms with Crippen LogP contribution in [0.1, 0.15) is 54.4 Å². The number of hydrogen-bond donors (Lipinski definition) is 1. The van der Waals surface area contributed by atoms with Gasteiger partial charge in [-0.1, -0.05) is 20.8 Å². The van der Waals surface area contributed by atoms with Crippen molar-refractivity contribution in [2.75, 3.05) is 13.1 Å². The molecular weight excluding hydrogens is 196 g/mol. The van der Waals surface area contributed by atoms with E-state index in [9.17, 15) is 0 Å². The molecule has 2 fully saturated rings. The van der Waals surface area contributed by atoms with Crippen molar-refractivity contribution in [3.8, 4) is 0 Å². The van der Waals surface area contributed by atoms with Crippen LogP contribution in [-0.2, 0) is 0 Å². The molecule has 0 radical (unpaired) electrons. The third-order valence-electron chi connectivity index (χ3n) is 4.69. The first-order valence-electron chi connectivity index (χ1n) is 6.67. The van der Waals surface area contributed by atoms with E-state index in [0.717, 1.165) is 0 Å². The maximum Gasteiger partial charge on any atom is 0.0361 e. The second-order valence-electron chi connectivity index (χ2n) is 7.76. The van der Waals surface area contributed by atoms with E-state index in [0.29, 0.717) is 22.5 Å². The van der Waals surface area contributed by atoms with Crippen molar-refractivity contribution in [3.63, 3.8) is 0 Å². The van der Waals surface area contributed by atoms with Gasteiger partial charge in [0.25, 0.3) is 0 Å². The molecule has 94 valence electrons. The Morgan fingerprint density at radius 2 is 1.75 bits per heavy atom. The Morgan fingerprint density at radius 3 is 2.25 bits per heavy atom. The van der Waals surface area contributed by atoms with Crippen molar-refractivity contribution in [1.29, 1.82) is 0 Å². The normalized spacial score (nSPS) is 36.8. The van der Waals surface area contributed by atoms with Crippen molar-refractivity contribution in [1.82, 2.24) is 10.2 Å². The second kappa shape index (κ2) is 3.46. The lowest BCUT2D eigenvalue weighted by Gasteiger charge is -2.52. The number of rotatable bonds is 0. The lowest BCUT2D eigenvalue weighted by molar-refractivity contribution is 0.0116. The third-order valence-corrected chi connectivity index (χ3v) is 4.69. The van der Waals surface area contributed by atoms with E-state index in [-0.39, 0.29) is 0 Å². The SMILES string of the molecule is CC(C)(C)N1CC2CCC(C(C)(C)C)(C1)N2. The zero-order chi connectivity index (χ0) is 12.2. The Kier molecular flexibility index (Phi) is 2.67. The van der Waals surface area contributed by atoms with Crippen LogP contribution in [0.2, 0.25) is 0 Å². The molecule has 16 heavy (non-hydrogen) atoms. The fourth-order valence-electron chi connectivity index (χ4n) is 3.21. The predicted octanol–water partition coefficient (Wildman–Crippen LogP) is 2.64. The Hall–Kier alpha value is -0.0800. The maximum absolute atomic E-state index is 3.90. The molecule has 0 saturated carbocycles. The maximum atomic E-state index is 3.90. The van der Waals surface area contributed by atoms with Gasteiger partial charge in [-0.3, -0.25) is 4.90 Å². The first kappa shape index (κ1) is 12.4. The van der Waals surface area contributed by atoms with Crippen LogP contribution in [0.25, 0.3) is 0 Å². The summed E-state index contributed by atoms with van der Waals surface area (Å²) in [6.07, 6.45) is 2.69. The molecular formula is C14H28N2. The van der Waals surface area contributed by atoms with Gasteiger partial charge in [0.2, 0.25) is 0 Å². The van der Waals surface area contributed by atoms with Gasteiger partial charge < -0.3 is 5.32 Å². The Balaban J connectivity index is 2.24. The van der Waals surface area contributed by atoms with Crippen LogP contribution in [-0.4, -0.2) is 35.1 Å². The molecule has 2 unspecified atom stereocenters. The number of likely N-dealkylation sites (tertiary alicyclic amines) is 1. The van der Waals surface area contributed by atoms with E-state index in [1.54, 1.807) is 0 Å². The number of nitrogens with one attached hydrogen (secondary N) is 1. The lowest BCUT2D eigenvalue weighted by atomic mass is 9.71. The van der Waals surface area contributed by atoms with Gasteiger partial charge >= 0.3 is 0 Å². The summed E-state index contributed by atoms with van der Waals surface area (Å²) in [6, 6.07) is 0.715. The summed E-state index contributed by atoms with van der Waals surface area (Å²) in [4.78, 5) is 2.67. The molecule has 0 aromatic heterocycles. The fourth-order valence-corrected chi connectivity index (χ4v) is 3.21. The van der Waals surface area contributed by atoms with Crippen LogP contribution in [0.5, 0.6) is 0 Å². The summed E-state index contributed by atoms with van der Waals surface area (Å²) in [6.45, 7) is 16.6. The van der Waals surface area contributed by atoms with Crippen LogP contribution in [0.4, 0.5) is 0 Å². The van der Waals surface area contributed by atoms with Gasteiger partial charge in [0.15, 0.2) is 0 Å². The highest BCUT2D eigenvalue weighted by Crippen LogP contribution is 2.43. The minimum absolute atomic E-state index is 0.307. The zero-order valence-electron chi connectivity index (χ0n) is 11.9. The first-order chi connectivity index (χ1) is 7.14. The van der Waals surface area contributed by atoms with Gasteiger partial charge in [-0.25, -0.2) is 0 Å². The molecule has 2 bridgehead atoms. The Labute approximate surface area is 101 Å². The van der Waals surface area contributed by atoms with E-state index in [1.165, 1.54) is 25.9 Å². The molecule has 2 nitrogen and oxygen atoms in total. The summed E-state index contributed by atoms with van der Waals surface area (Å²) in [5.41, 5.74) is 0.996. The minimum Gasteiger partial charge on any atom is -0.305 e. The average molecular weight is 224 g/mol. The van der Waals surface area contributed by atoms with Gasteiger partial charge in [0.1, 0.15) is 0 Å². The Bertz CT molecular complexity index is 271. The molecule has 0 amide bonds. The summed E-state index contributed by atoms with van der Waals surface area (Å²) < 4.78 is 0. The van der Waals surface area contributed by atoms with Crippen LogP contribution in [0.3, 0.4) is 0 Å². The van der Waals surface area contributed by atoms with Crippen LogP contribution in [0, 0.1) is 5.41 Å². The minimum atomic E-state index is 0.307. The molecule has 2 atom stereocenters. The first-order valence-corrected chi connectivity index (χ1v) is 6.67. The van der Waals surface area contributed by atoms with Gasteiger partial charge in [0.05, 0.1) is 0 Å². The molecule has 0 aromatic rings. The van der Waals surface area contributed by atoms with Gasteiger partial charge in [-0.15, -0.1) is 0 Å². The average Bonchev–Trinajstić information content (AvgIpc) is 2.40. The molecule has 2 heterocycles. The quantitative estimate of drug-likeness (QED) is 0.680. The number of nitrogens with zero attached hydrogens (tertiary/aromatic N) is 1. The number of hydrogen-bond acceptors (Lipinski definition) is 2. The van der Waals surface area contributed by atoms with Crippen LogP contribution < -0.4 is 5.32 Å². The van der Waals surface area contributed by atoms with E-state index >= 15 is 0 Å². The van der Waals surface area contributed by atoms with Gasteiger partial charge in [-0.2, -0.15) is 0 Å². The molecule has 0 aliphatic carbocycles. The highest BCUT2D eigenvalue weighted by Gasteiger charge is 2.52. The van der Waals surface area contributed by atoms with E-state index < -0.39 is 0 Å². The summed E-state index contributed by atoms with van der Waals surface area (Å²) >= 11 is 0. The number of piperazine rings is 1. The number of fused-ring (bicyclic) bond motifs is 2. The van der Waals surface area contributed by atoms with Crippen molar-refractivity contribution >= 4 is 0 Å². The van der Waals surface area contributed by atoms with E-state index in [2.05, 4.69) is 51.8 Å². The van der Waals surface area contributed by atoms with Crippen LogP contribution >= 0.6 is 0 Å². The molecule has 2 aliphatic heterocycles. The highest BCUT2D eigenvalue weighted by atomic mass is 15.3. The second-order valence-corrected chi connectivity index (χ2v) is 7.76. The standard InChI is InChI=1S/C14H28N2/c1-12(2,3)14-8-7-11(15-14)9-16(10-14)13(4,5)6/h11,15H,7-10H2,1-6H3. The smallest absolute Gasteiger partial charge is 0.0361 e.